The average Bonchev–Trinajstić information content (AvgIpc) is 3.05. The van der Waals surface area contributed by atoms with Crippen LogP contribution in [0.2, 0.25) is 0 Å². The van der Waals surface area contributed by atoms with Gasteiger partial charge in [0.1, 0.15) is 5.75 Å². The van der Waals surface area contributed by atoms with Gasteiger partial charge in [0.2, 0.25) is 0 Å². The molecule has 1 N–H and O–H groups in total. The van der Waals surface area contributed by atoms with Crippen molar-refractivity contribution in [1.82, 2.24) is 0 Å². The van der Waals surface area contributed by atoms with E-state index in [1.165, 1.54) is 6.21 Å². The smallest absolute Gasteiger partial charge is 0.341 e. The predicted molar refractivity (Wildman–Crippen MR) is 118 cm³/mol. The summed E-state index contributed by atoms with van der Waals surface area (Å²) < 4.78 is 5.10. The van der Waals surface area contributed by atoms with Crippen molar-refractivity contribution in [3.63, 3.8) is 0 Å². The molecular formula is C24H19N3O4. The van der Waals surface area contributed by atoms with E-state index in [2.05, 4.69) is 10.2 Å². The lowest BCUT2D eigenvalue weighted by molar-refractivity contribution is -0.139. The van der Waals surface area contributed by atoms with E-state index in [0.717, 1.165) is 22.4 Å². The van der Waals surface area contributed by atoms with Crippen LogP contribution in [-0.4, -0.2) is 35.5 Å². The van der Waals surface area contributed by atoms with Gasteiger partial charge in [0, 0.05) is 5.56 Å². The minimum absolute atomic E-state index is 0.195. The molecule has 0 atom stereocenters. The molecule has 3 aromatic carbocycles. The highest BCUT2D eigenvalue weighted by atomic mass is 16.5. The van der Waals surface area contributed by atoms with Crippen LogP contribution in [0.15, 0.2) is 89.1 Å². The summed E-state index contributed by atoms with van der Waals surface area (Å²) in [4.78, 5) is 25.3. The van der Waals surface area contributed by atoms with E-state index in [9.17, 15) is 9.59 Å². The molecule has 7 heteroatoms. The van der Waals surface area contributed by atoms with Crippen LogP contribution in [0.4, 0.5) is 5.69 Å². The van der Waals surface area contributed by atoms with E-state index in [0.29, 0.717) is 18.0 Å². The molecule has 0 aliphatic carbocycles. The number of para-hydroxylation sites is 1. The highest BCUT2D eigenvalue weighted by Gasteiger charge is 2.33. The standard InChI is InChI=1S/C24H19N3O4/c28-22(29)16-31-19-12-10-17(11-13-19)14-25-26-23-20-8-4-5-9-21(20)27(24(23)30)15-18-6-2-1-3-7-18/h1-14H,15-16H2,(H,28,29)/b25-14-,26-23-. The zero-order chi connectivity index (χ0) is 21.6. The van der Waals surface area contributed by atoms with Gasteiger partial charge in [-0.1, -0.05) is 48.5 Å². The fourth-order valence-corrected chi connectivity index (χ4v) is 3.23. The normalized spacial score (nSPS) is 14.3. The summed E-state index contributed by atoms with van der Waals surface area (Å²) in [5, 5.41) is 16.9. The number of anilines is 1. The Labute approximate surface area is 178 Å². The number of ether oxygens (including phenoxy) is 1. The van der Waals surface area contributed by atoms with Gasteiger partial charge in [0.05, 0.1) is 18.4 Å². The van der Waals surface area contributed by atoms with Gasteiger partial charge in [0.25, 0.3) is 5.91 Å². The molecule has 0 aromatic heterocycles. The first kappa shape index (κ1) is 20.0. The number of benzene rings is 3. The zero-order valence-corrected chi connectivity index (χ0v) is 16.5. The molecule has 4 rings (SSSR count). The second-order valence-electron chi connectivity index (χ2n) is 6.84. The van der Waals surface area contributed by atoms with Crippen molar-refractivity contribution >= 4 is 29.5 Å². The second kappa shape index (κ2) is 9.04. The van der Waals surface area contributed by atoms with E-state index < -0.39 is 12.6 Å². The van der Waals surface area contributed by atoms with Crippen LogP contribution in [0.5, 0.6) is 5.75 Å². The number of nitrogens with zero attached hydrogens (tertiary/aromatic N) is 3. The molecule has 0 saturated heterocycles. The summed E-state index contributed by atoms with van der Waals surface area (Å²) in [6.45, 7) is 0.0549. The SMILES string of the molecule is O=C(O)COc1ccc(/C=N\N=C2/C(=O)N(Cc3ccccc3)c3ccccc32)cc1. The highest BCUT2D eigenvalue weighted by molar-refractivity contribution is 6.54. The number of carboxylic acids is 1. The molecule has 1 aliphatic heterocycles. The fourth-order valence-electron chi connectivity index (χ4n) is 3.23. The second-order valence-corrected chi connectivity index (χ2v) is 6.84. The van der Waals surface area contributed by atoms with E-state index >= 15 is 0 Å². The highest BCUT2D eigenvalue weighted by Crippen LogP contribution is 2.30. The molecule has 1 heterocycles. The quantitative estimate of drug-likeness (QED) is 0.474. The minimum Gasteiger partial charge on any atom is -0.482 e. The maximum atomic E-state index is 13.0. The first-order valence-electron chi connectivity index (χ1n) is 9.63. The first-order valence-corrected chi connectivity index (χ1v) is 9.63. The number of hydrogen-bond donors (Lipinski definition) is 1. The lowest BCUT2D eigenvalue weighted by atomic mass is 10.1. The summed E-state index contributed by atoms with van der Waals surface area (Å²) in [5.74, 6) is -0.786. The average molecular weight is 413 g/mol. The van der Waals surface area contributed by atoms with Crippen molar-refractivity contribution in [1.29, 1.82) is 0 Å². The van der Waals surface area contributed by atoms with E-state index in [4.69, 9.17) is 9.84 Å². The number of carbonyl (C=O) groups excluding carboxylic acids is 1. The number of rotatable bonds is 7. The Morgan fingerprint density at radius 3 is 2.42 bits per heavy atom. The van der Waals surface area contributed by atoms with Crippen LogP contribution in [0.1, 0.15) is 16.7 Å². The van der Waals surface area contributed by atoms with Crippen molar-refractivity contribution in [2.75, 3.05) is 11.5 Å². The Bertz CT molecular complexity index is 1150. The third-order valence-electron chi connectivity index (χ3n) is 4.69. The number of carboxylic acid groups (broad SMARTS) is 1. The number of fused-ring (bicyclic) bond motifs is 1. The lowest BCUT2D eigenvalue weighted by Crippen LogP contribution is -2.29. The van der Waals surface area contributed by atoms with Gasteiger partial charge in [-0.3, -0.25) is 4.79 Å². The summed E-state index contributed by atoms with van der Waals surface area (Å²) in [5.41, 5.74) is 3.62. The van der Waals surface area contributed by atoms with Gasteiger partial charge in [-0.25, -0.2) is 4.79 Å². The molecule has 7 nitrogen and oxygen atoms in total. The summed E-state index contributed by atoms with van der Waals surface area (Å²) in [7, 11) is 0. The van der Waals surface area contributed by atoms with Gasteiger partial charge >= 0.3 is 5.97 Å². The molecular weight excluding hydrogens is 394 g/mol. The van der Waals surface area contributed by atoms with Crippen LogP contribution >= 0.6 is 0 Å². The zero-order valence-electron chi connectivity index (χ0n) is 16.5. The Balaban J connectivity index is 1.52. The maximum absolute atomic E-state index is 13.0. The third-order valence-corrected chi connectivity index (χ3v) is 4.69. The third kappa shape index (κ3) is 4.67. The van der Waals surface area contributed by atoms with E-state index in [-0.39, 0.29) is 5.91 Å². The molecule has 0 saturated carbocycles. The predicted octanol–water partition coefficient (Wildman–Crippen LogP) is 3.52. The van der Waals surface area contributed by atoms with Crippen LogP contribution in [0.3, 0.4) is 0 Å². The molecule has 3 aromatic rings. The van der Waals surface area contributed by atoms with E-state index in [1.54, 1.807) is 29.2 Å². The van der Waals surface area contributed by atoms with Crippen molar-refractivity contribution in [2.24, 2.45) is 10.2 Å². The number of amides is 1. The molecule has 0 spiro atoms. The molecule has 0 radical (unpaired) electrons. The summed E-state index contributed by atoms with van der Waals surface area (Å²) in [6, 6.07) is 24.1. The molecule has 154 valence electrons. The van der Waals surface area contributed by atoms with Crippen molar-refractivity contribution in [3.05, 3.63) is 95.6 Å². The molecule has 1 aliphatic rings. The Hall–Kier alpha value is -4.26. The minimum atomic E-state index is -1.04. The first-order chi connectivity index (χ1) is 15.1. The van der Waals surface area contributed by atoms with E-state index in [1.807, 2.05) is 54.6 Å². The Kier molecular flexibility index (Phi) is 5.84. The van der Waals surface area contributed by atoms with Crippen molar-refractivity contribution < 1.29 is 19.4 Å². The van der Waals surface area contributed by atoms with Gasteiger partial charge < -0.3 is 14.7 Å². The molecule has 0 unspecified atom stereocenters. The van der Waals surface area contributed by atoms with Crippen LogP contribution in [0, 0.1) is 0 Å². The number of hydrogen-bond acceptors (Lipinski definition) is 5. The molecule has 1 amide bonds. The number of aliphatic carboxylic acids is 1. The maximum Gasteiger partial charge on any atom is 0.341 e. The van der Waals surface area contributed by atoms with Crippen LogP contribution in [-0.2, 0) is 16.1 Å². The monoisotopic (exact) mass is 413 g/mol. The lowest BCUT2D eigenvalue weighted by Gasteiger charge is -2.16. The molecule has 0 bridgehead atoms. The van der Waals surface area contributed by atoms with Gasteiger partial charge in [-0.2, -0.15) is 5.10 Å². The Morgan fingerprint density at radius 1 is 0.968 bits per heavy atom. The fraction of sp³-hybridized carbons (Fsp3) is 0.0833. The Morgan fingerprint density at radius 2 is 1.68 bits per heavy atom. The topological polar surface area (TPSA) is 91.6 Å². The van der Waals surface area contributed by atoms with Gasteiger partial charge in [-0.15, -0.1) is 5.10 Å². The van der Waals surface area contributed by atoms with Crippen LogP contribution < -0.4 is 9.64 Å². The number of carbonyl (C=O) groups is 2. The van der Waals surface area contributed by atoms with Gasteiger partial charge in [0.15, 0.2) is 12.3 Å². The summed E-state index contributed by atoms with van der Waals surface area (Å²) in [6.07, 6.45) is 1.53. The van der Waals surface area contributed by atoms with Crippen molar-refractivity contribution in [3.8, 4) is 5.75 Å². The van der Waals surface area contributed by atoms with Crippen molar-refractivity contribution in [2.45, 2.75) is 6.54 Å². The summed E-state index contributed by atoms with van der Waals surface area (Å²) >= 11 is 0. The molecule has 0 fully saturated rings. The largest absolute Gasteiger partial charge is 0.482 e. The van der Waals surface area contributed by atoms with Crippen LogP contribution in [0.25, 0.3) is 0 Å². The van der Waals surface area contributed by atoms with Gasteiger partial charge in [-0.05, 0) is 41.5 Å². The molecule has 31 heavy (non-hydrogen) atoms.